The number of aromatic nitrogens is 3. The molecule has 29 heavy (non-hydrogen) atoms. The van der Waals surface area contributed by atoms with E-state index in [1.165, 1.54) is 7.11 Å². The lowest BCUT2D eigenvalue weighted by Crippen LogP contribution is -2.15. The third kappa shape index (κ3) is 4.02. The highest BCUT2D eigenvalue weighted by Gasteiger charge is 2.18. The molecule has 0 aliphatic rings. The zero-order valence-corrected chi connectivity index (χ0v) is 16.5. The number of methoxy groups -OCH3 is 1. The normalized spacial score (nSPS) is 10.7. The molecule has 0 saturated heterocycles. The molecule has 0 unspecified atom stereocenters. The quantitative estimate of drug-likeness (QED) is 0.507. The van der Waals surface area contributed by atoms with Crippen molar-refractivity contribution in [3.63, 3.8) is 0 Å². The average Bonchev–Trinajstić information content (AvgIpc) is 3.43. The maximum absolute atomic E-state index is 13.0. The monoisotopic (exact) mass is 406 g/mol. The predicted molar refractivity (Wildman–Crippen MR) is 113 cm³/mol. The molecule has 146 valence electrons. The third-order valence-electron chi connectivity index (χ3n) is 4.55. The lowest BCUT2D eigenvalue weighted by Gasteiger charge is -2.15. The molecule has 4 aromatic rings. The molecular weight excluding hydrogens is 388 g/mol. The molecule has 4 rings (SSSR count). The van der Waals surface area contributed by atoms with Gasteiger partial charge in [0.15, 0.2) is 0 Å². The highest BCUT2D eigenvalue weighted by Crippen LogP contribution is 2.31. The van der Waals surface area contributed by atoms with Crippen molar-refractivity contribution < 1.29 is 9.53 Å². The molecule has 0 aliphatic carbocycles. The van der Waals surface area contributed by atoms with Crippen LogP contribution < -0.4 is 10.1 Å². The summed E-state index contributed by atoms with van der Waals surface area (Å²) in [6.45, 7) is 0.550. The van der Waals surface area contributed by atoms with Gasteiger partial charge < -0.3 is 14.6 Å². The van der Waals surface area contributed by atoms with Crippen LogP contribution in [0.4, 0.5) is 5.69 Å². The fraction of sp³-hybridized carbons (Fsp3) is 0.0909. The van der Waals surface area contributed by atoms with Crippen LogP contribution in [0.3, 0.4) is 0 Å². The lowest BCUT2D eigenvalue weighted by atomic mass is 10.1. The van der Waals surface area contributed by atoms with Gasteiger partial charge in [0.25, 0.3) is 5.91 Å². The van der Waals surface area contributed by atoms with E-state index in [0.717, 1.165) is 11.3 Å². The van der Waals surface area contributed by atoms with Crippen LogP contribution in [0.25, 0.3) is 5.69 Å². The van der Waals surface area contributed by atoms with Gasteiger partial charge in [0.2, 0.25) is 0 Å². The van der Waals surface area contributed by atoms with Gasteiger partial charge in [-0.05, 0) is 35.9 Å². The topological polar surface area (TPSA) is 61.1 Å². The molecule has 0 spiro atoms. The maximum Gasteiger partial charge on any atom is 0.259 e. The molecule has 0 saturated carbocycles. The van der Waals surface area contributed by atoms with Crippen LogP contribution in [0.2, 0.25) is 5.02 Å². The average molecular weight is 407 g/mol. The van der Waals surface area contributed by atoms with E-state index < -0.39 is 0 Å². The van der Waals surface area contributed by atoms with Crippen molar-refractivity contribution in [2.75, 3.05) is 12.4 Å². The first-order valence-corrected chi connectivity index (χ1v) is 9.41. The van der Waals surface area contributed by atoms with Gasteiger partial charge in [0.1, 0.15) is 5.75 Å². The van der Waals surface area contributed by atoms with E-state index in [2.05, 4.69) is 10.4 Å². The van der Waals surface area contributed by atoms with E-state index >= 15 is 0 Å². The summed E-state index contributed by atoms with van der Waals surface area (Å²) in [5.74, 6) is 0.149. The summed E-state index contributed by atoms with van der Waals surface area (Å²) in [4.78, 5) is 13.0. The van der Waals surface area contributed by atoms with Crippen molar-refractivity contribution in [3.05, 3.63) is 95.5 Å². The molecule has 0 aliphatic heterocycles. The molecule has 0 bridgehead atoms. The Morgan fingerprint density at radius 2 is 1.90 bits per heavy atom. The SMILES string of the molecule is COc1cc(-n2cccc2)c(Cl)cc1C(=O)Nc1ccccc1Cn1cccn1. The summed E-state index contributed by atoms with van der Waals surface area (Å²) < 4.78 is 9.13. The van der Waals surface area contributed by atoms with Gasteiger partial charge in [-0.1, -0.05) is 29.8 Å². The number of carbonyl (C=O) groups is 1. The Kier molecular flexibility index (Phi) is 5.35. The summed E-state index contributed by atoms with van der Waals surface area (Å²) in [6.07, 6.45) is 7.36. The molecule has 6 nitrogen and oxygen atoms in total. The Hall–Kier alpha value is -3.51. The highest BCUT2D eigenvalue weighted by molar-refractivity contribution is 6.33. The third-order valence-corrected chi connectivity index (χ3v) is 4.86. The van der Waals surface area contributed by atoms with Crippen LogP contribution in [0.15, 0.2) is 79.4 Å². The Labute approximate surface area is 173 Å². The second kappa shape index (κ2) is 8.24. The molecule has 1 amide bonds. The number of para-hydroxylation sites is 1. The number of ether oxygens (including phenoxy) is 1. The fourth-order valence-electron chi connectivity index (χ4n) is 3.12. The van der Waals surface area contributed by atoms with Crippen molar-refractivity contribution >= 4 is 23.2 Å². The first-order chi connectivity index (χ1) is 14.2. The Balaban J connectivity index is 1.63. The summed E-state index contributed by atoms with van der Waals surface area (Å²) in [5, 5.41) is 7.65. The van der Waals surface area contributed by atoms with Gasteiger partial charge in [-0.2, -0.15) is 5.10 Å². The van der Waals surface area contributed by atoms with Gasteiger partial charge in [-0.25, -0.2) is 0 Å². The first-order valence-electron chi connectivity index (χ1n) is 9.03. The number of nitrogens with one attached hydrogen (secondary N) is 1. The molecule has 7 heteroatoms. The van der Waals surface area contributed by atoms with Crippen LogP contribution in [0.5, 0.6) is 5.75 Å². The van der Waals surface area contributed by atoms with Crippen LogP contribution in [-0.4, -0.2) is 27.4 Å². The zero-order valence-electron chi connectivity index (χ0n) is 15.7. The number of amides is 1. The highest BCUT2D eigenvalue weighted by atomic mass is 35.5. The van der Waals surface area contributed by atoms with Crippen molar-refractivity contribution in [1.82, 2.24) is 14.3 Å². The first kappa shape index (κ1) is 18.8. The summed E-state index contributed by atoms with van der Waals surface area (Å²) in [6, 6.07) is 16.7. The van der Waals surface area contributed by atoms with Gasteiger partial charge >= 0.3 is 0 Å². The van der Waals surface area contributed by atoms with Gasteiger partial charge in [0.05, 0.1) is 29.9 Å². The lowest BCUT2D eigenvalue weighted by molar-refractivity contribution is 0.102. The van der Waals surface area contributed by atoms with Crippen molar-refractivity contribution in [2.24, 2.45) is 0 Å². The van der Waals surface area contributed by atoms with E-state index in [1.54, 1.807) is 23.0 Å². The molecule has 2 aromatic carbocycles. The van der Waals surface area contributed by atoms with Gasteiger partial charge in [-0.3, -0.25) is 9.48 Å². The van der Waals surface area contributed by atoms with E-state index in [9.17, 15) is 4.79 Å². The Morgan fingerprint density at radius 1 is 1.10 bits per heavy atom. The molecule has 2 heterocycles. The number of carbonyl (C=O) groups excluding carboxylic acids is 1. The summed E-state index contributed by atoms with van der Waals surface area (Å²) in [7, 11) is 1.53. The van der Waals surface area contributed by atoms with Crippen LogP contribution in [0.1, 0.15) is 15.9 Å². The number of halogens is 1. The van der Waals surface area contributed by atoms with E-state index in [1.807, 2.05) is 65.6 Å². The summed E-state index contributed by atoms with van der Waals surface area (Å²) >= 11 is 6.45. The molecular formula is C22H19ClN4O2. The number of hydrogen-bond acceptors (Lipinski definition) is 3. The van der Waals surface area contributed by atoms with Crippen molar-refractivity contribution in [2.45, 2.75) is 6.54 Å². The molecule has 0 fully saturated rings. The van der Waals surface area contributed by atoms with Crippen LogP contribution in [0, 0.1) is 0 Å². The largest absolute Gasteiger partial charge is 0.496 e. The minimum absolute atomic E-state index is 0.296. The number of anilines is 1. The maximum atomic E-state index is 13.0. The van der Waals surface area contributed by atoms with Crippen molar-refractivity contribution in [3.8, 4) is 11.4 Å². The number of hydrogen-bond donors (Lipinski definition) is 1. The van der Waals surface area contributed by atoms with Crippen molar-refractivity contribution in [1.29, 1.82) is 0 Å². The van der Waals surface area contributed by atoms with E-state index in [4.69, 9.17) is 16.3 Å². The molecule has 0 atom stereocenters. The van der Waals surface area contributed by atoms with Crippen LogP contribution in [-0.2, 0) is 6.54 Å². The zero-order chi connectivity index (χ0) is 20.2. The second-order valence-corrected chi connectivity index (χ2v) is 6.82. The molecule has 2 aromatic heterocycles. The predicted octanol–water partition coefficient (Wildman–Crippen LogP) is 4.64. The van der Waals surface area contributed by atoms with E-state index in [0.29, 0.717) is 28.6 Å². The minimum atomic E-state index is -0.296. The standard InChI is InChI=1S/C22H19ClN4O2/c1-29-21-14-20(26-10-4-5-11-26)18(23)13-17(21)22(28)25-19-8-3-2-7-16(19)15-27-12-6-9-24-27/h2-14H,15H2,1H3,(H,25,28). The van der Waals surface area contributed by atoms with E-state index in [-0.39, 0.29) is 5.91 Å². The molecule has 1 N–H and O–H groups in total. The fourth-order valence-corrected chi connectivity index (χ4v) is 3.38. The number of nitrogens with zero attached hydrogens (tertiary/aromatic N) is 3. The van der Waals surface area contributed by atoms with Gasteiger partial charge in [0, 0.05) is 36.5 Å². The number of benzene rings is 2. The Bertz CT molecular complexity index is 1120. The smallest absolute Gasteiger partial charge is 0.259 e. The second-order valence-electron chi connectivity index (χ2n) is 6.41. The minimum Gasteiger partial charge on any atom is -0.496 e. The van der Waals surface area contributed by atoms with Gasteiger partial charge in [-0.15, -0.1) is 0 Å². The Morgan fingerprint density at radius 3 is 2.62 bits per heavy atom. The number of rotatable bonds is 6. The van der Waals surface area contributed by atoms with Crippen LogP contribution >= 0.6 is 11.6 Å². The molecule has 0 radical (unpaired) electrons. The summed E-state index contributed by atoms with van der Waals surface area (Å²) in [5.41, 5.74) is 2.76.